The van der Waals surface area contributed by atoms with Crippen LogP contribution in [0.2, 0.25) is 0 Å². The summed E-state index contributed by atoms with van der Waals surface area (Å²) in [7, 11) is -3.93. The maximum atomic E-state index is 13.5. The van der Waals surface area contributed by atoms with E-state index in [0.29, 0.717) is 13.0 Å². The molecule has 1 N–H and O–H groups in total. The fourth-order valence-corrected chi connectivity index (χ4v) is 6.69. The normalized spacial score (nSPS) is 28.2. The minimum Gasteiger partial charge on any atom is -0.338 e. The zero-order chi connectivity index (χ0) is 21.6. The molecule has 0 aromatic heterocycles. The largest absolute Gasteiger partial charge is 0.338 e. The van der Waals surface area contributed by atoms with Crippen molar-refractivity contribution in [2.75, 3.05) is 6.54 Å². The molecular formula is C22H33FN2O3S. The first-order chi connectivity index (χ1) is 13.4. The molecule has 1 aliphatic heterocycles. The number of nitrogens with zero attached hydrogens (tertiary/aromatic N) is 1. The van der Waals surface area contributed by atoms with Crippen LogP contribution in [0.1, 0.15) is 60.3 Å². The lowest BCUT2D eigenvalue weighted by atomic mass is 9.65. The number of likely N-dealkylation sites (tertiary alicyclic amines) is 1. The predicted octanol–water partition coefficient (Wildman–Crippen LogP) is 3.95. The van der Waals surface area contributed by atoms with Crippen LogP contribution in [0.3, 0.4) is 0 Å². The highest BCUT2D eigenvalue weighted by atomic mass is 32.2. The molecular weight excluding hydrogens is 391 g/mol. The number of benzene rings is 1. The monoisotopic (exact) mass is 424 g/mol. The van der Waals surface area contributed by atoms with Crippen LogP contribution in [0.4, 0.5) is 4.39 Å². The van der Waals surface area contributed by atoms with Crippen LogP contribution in [0.15, 0.2) is 29.2 Å². The SMILES string of the molecule is CCC(C)C(NS(=O)(=O)c1ccc(F)cc1)C(=O)N1CC2(C)CC1CC(C)(C)C2. The first-order valence-electron chi connectivity index (χ1n) is 10.4. The van der Waals surface area contributed by atoms with Crippen LogP contribution in [0.25, 0.3) is 0 Å². The Morgan fingerprint density at radius 2 is 1.86 bits per heavy atom. The van der Waals surface area contributed by atoms with Crippen molar-refractivity contribution in [2.24, 2.45) is 16.7 Å². The molecule has 1 amide bonds. The van der Waals surface area contributed by atoms with E-state index in [1.807, 2.05) is 18.7 Å². The van der Waals surface area contributed by atoms with E-state index in [4.69, 9.17) is 0 Å². The van der Waals surface area contributed by atoms with Crippen molar-refractivity contribution >= 4 is 15.9 Å². The van der Waals surface area contributed by atoms with E-state index in [1.165, 1.54) is 12.1 Å². The molecule has 4 unspecified atom stereocenters. The Kier molecular flexibility index (Phi) is 5.86. The summed E-state index contributed by atoms with van der Waals surface area (Å²) in [5.41, 5.74) is 0.254. The van der Waals surface area contributed by atoms with Crippen molar-refractivity contribution in [3.63, 3.8) is 0 Å². The zero-order valence-electron chi connectivity index (χ0n) is 18.0. The average Bonchev–Trinajstić information content (AvgIpc) is 2.87. The molecule has 0 radical (unpaired) electrons. The zero-order valence-corrected chi connectivity index (χ0v) is 18.9. The number of fused-ring (bicyclic) bond motifs is 2. The topological polar surface area (TPSA) is 66.5 Å². The third kappa shape index (κ3) is 4.66. The van der Waals surface area contributed by atoms with E-state index in [1.54, 1.807) is 0 Å². The van der Waals surface area contributed by atoms with Gasteiger partial charge in [-0.3, -0.25) is 4.79 Å². The van der Waals surface area contributed by atoms with Gasteiger partial charge in [0.1, 0.15) is 11.9 Å². The van der Waals surface area contributed by atoms with Crippen LogP contribution in [0.5, 0.6) is 0 Å². The molecule has 3 rings (SSSR count). The summed E-state index contributed by atoms with van der Waals surface area (Å²) in [4.78, 5) is 15.4. The van der Waals surface area contributed by atoms with Crippen LogP contribution in [-0.4, -0.2) is 37.9 Å². The van der Waals surface area contributed by atoms with Crippen LogP contribution >= 0.6 is 0 Å². The summed E-state index contributed by atoms with van der Waals surface area (Å²) in [6.45, 7) is 11.2. The average molecular weight is 425 g/mol. The summed E-state index contributed by atoms with van der Waals surface area (Å²) in [5.74, 6) is -0.797. The molecule has 7 heteroatoms. The van der Waals surface area contributed by atoms with Gasteiger partial charge in [-0.2, -0.15) is 4.72 Å². The van der Waals surface area contributed by atoms with E-state index in [-0.39, 0.29) is 33.6 Å². The third-order valence-corrected chi connectivity index (χ3v) is 8.04. The molecule has 1 saturated carbocycles. The Morgan fingerprint density at radius 1 is 1.24 bits per heavy atom. The number of sulfonamides is 1. The van der Waals surface area contributed by atoms with Crippen LogP contribution in [-0.2, 0) is 14.8 Å². The van der Waals surface area contributed by atoms with E-state index in [9.17, 15) is 17.6 Å². The number of hydrogen-bond acceptors (Lipinski definition) is 3. The van der Waals surface area contributed by atoms with Gasteiger partial charge in [-0.05, 0) is 60.3 Å². The van der Waals surface area contributed by atoms with E-state index in [0.717, 1.165) is 31.4 Å². The van der Waals surface area contributed by atoms with E-state index < -0.39 is 21.9 Å². The quantitative estimate of drug-likeness (QED) is 0.752. The number of amides is 1. The van der Waals surface area contributed by atoms with Crippen LogP contribution < -0.4 is 4.72 Å². The highest BCUT2D eigenvalue weighted by Crippen LogP contribution is 2.52. The number of halogens is 1. The standard InChI is InChI=1S/C22H33FN2O3S/c1-6-15(2)19(24-29(27,28)18-9-7-16(23)8-10-18)20(26)25-14-22(5)12-17(25)11-21(3,4)13-22/h7-10,15,17,19,24H,6,11-14H2,1-5H3. The molecule has 2 fully saturated rings. The van der Waals surface area contributed by atoms with Crippen LogP contribution in [0, 0.1) is 22.6 Å². The molecule has 29 heavy (non-hydrogen) atoms. The Morgan fingerprint density at radius 3 is 2.45 bits per heavy atom. The molecule has 2 aliphatic rings. The van der Waals surface area contributed by atoms with Crippen molar-refractivity contribution in [1.29, 1.82) is 0 Å². The molecule has 5 nitrogen and oxygen atoms in total. The molecule has 1 saturated heterocycles. The lowest BCUT2D eigenvalue weighted by Gasteiger charge is -2.39. The second kappa shape index (κ2) is 7.65. The summed E-state index contributed by atoms with van der Waals surface area (Å²) < 4.78 is 41.6. The summed E-state index contributed by atoms with van der Waals surface area (Å²) in [6.07, 6.45) is 3.64. The number of nitrogens with one attached hydrogen (secondary N) is 1. The number of hydrogen-bond donors (Lipinski definition) is 1. The van der Waals surface area contributed by atoms with Crippen molar-refractivity contribution in [3.05, 3.63) is 30.1 Å². The van der Waals surface area contributed by atoms with E-state index in [2.05, 4.69) is 25.5 Å². The van der Waals surface area contributed by atoms with Gasteiger partial charge in [-0.25, -0.2) is 12.8 Å². The first kappa shape index (κ1) is 22.2. The molecule has 1 aromatic carbocycles. The van der Waals surface area contributed by atoms with Gasteiger partial charge in [0, 0.05) is 12.6 Å². The highest BCUT2D eigenvalue weighted by Gasteiger charge is 2.52. The molecule has 2 bridgehead atoms. The van der Waals surface area contributed by atoms with E-state index >= 15 is 0 Å². The highest BCUT2D eigenvalue weighted by molar-refractivity contribution is 7.89. The van der Waals surface area contributed by atoms with Crippen molar-refractivity contribution in [2.45, 2.75) is 77.3 Å². The Hall–Kier alpha value is -1.47. The van der Waals surface area contributed by atoms with Crippen molar-refractivity contribution in [1.82, 2.24) is 9.62 Å². The molecule has 4 atom stereocenters. The van der Waals surface area contributed by atoms with Gasteiger partial charge in [-0.15, -0.1) is 0 Å². The lowest BCUT2D eigenvalue weighted by molar-refractivity contribution is -0.135. The summed E-state index contributed by atoms with van der Waals surface area (Å²) in [6, 6.07) is 3.99. The molecule has 0 spiro atoms. The Labute approximate surface area is 174 Å². The predicted molar refractivity (Wildman–Crippen MR) is 111 cm³/mol. The number of rotatable bonds is 6. The molecule has 1 aliphatic carbocycles. The maximum Gasteiger partial charge on any atom is 0.241 e. The number of carbonyl (C=O) groups is 1. The van der Waals surface area contributed by atoms with Crippen molar-refractivity contribution < 1.29 is 17.6 Å². The summed E-state index contributed by atoms with van der Waals surface area (Å²) >= 11 is 0. The fourth-order valence-electron chi connectivity index (χ4n) is 5.39. The van der Waals surface area contributed by atoms with Gasteiger partial charge in [-0.1, -0.05) is 41.0 Å². The Bertz CT molecular complexity index is 869. The third-order valence-electron chi connectivity index (χ3n) is 6.58. The second-order valence-electron chi connectivity index (χ2n) is 10.1. The summed E-state index contributed by atoms with van der Waals surface area (Å²) in [5, 5.41) is 0. The number of carbonyl (C=O) groups excluding carboxylic acids is 1. The first-order valence-corrected chi connectivity index (χ1v) is 11.9. The molecule has 1 aromatic rings. The minimum absolute atomic E-state index is 0.0340. The van der Waals surface area contributed by atoms with Gasteiger partial charge >= 0.3 is 0 Å². The fraction of sp³-hybridized carbons (Fsp3) is 0.682. The second-order valence-corrected chi connectivity index (χ2v) is 11.8. The maximum absolute atomic E-state index is 13.5. The molecule has 1 heterocycles. The molecule has 162 valence electrons. The Balaban J connectivity index is 1.86. The van der Waals surface area contributed by atoms with Gasteiger partial charge in [0.25, 0.3) is 0 Å². The minimum atomic E-state index is -3.93. The van der Waals surface area contributed by atoms with Crippen molar-refractivity contribution in [3.8, 4) is 0 Å². The lowest BCUT2D eigenvalue weighted by Crippen LogP contribution is -2.53. The smallest absolute Gasteiger partial charge is 0.241 e. The van der Waals surface area contributed by atoms with Gasteiger partial charge < -0.3 is 4.90 Å². The van der Waals surface area contributed by atoms with Gasteiger partial charge in [0.2, 0.25) is 15.9 Å². The van der Waals surface area contributed by atoms with Gasteiger partial charge in [0.15, 0.2) is 0 Å². The van der Waals surface area contributed by atoms with Gasteiger partial charge in [0.05, 0.1) is 4.90 Å².